The van der Waals surface area contributed by atoms with Crippen molar-refractivity contribution in [2.45, 2.75) is 24.9 Å². The molecule has 0 atom stereocenters. The number of para-hydroxylation sites is 1. The zero-order valence-electron chi connectivity index (χ0n) is 8.82. The van der Waals surface area contributed by atoms with E-state index in [0.717, 1.165) is 0 Å². The lowest BCUT2D eigenvalue weighted by Crippen LogP contribution is -2.40. The zero-order valence-corrected chi connectivity index (χ0v) is 8.82. The van der Waals surface area contributed by atoms with Crippen LogP contribution in [-0.4, -0.2) is 12.4 Å². The molecule has 0 amide bonds. The van der Waals surface area contributed by atoms with Crippen LogP contribution in [0.15, 0.2) is 24.3 Å². The van der Waals surface area contributed by atoms with Gasteiger partial charge in [-0.1, -0.05) is 18.2 Å². The van der Waals surface area contributed by atoms with Gasteiger partial charge in [-0.05, 0) is 6.07 Å². The number of carbonyl (C=O) groups is 1. The minimum absolute atomic E-state index is 0.0310. The van der Waals surface area contributed by atoms with Crippen LogP contribution in [-0.2, 0) is 10.2 Å². The first-order valence-corrected chi connectivity index (χ1v) is 5.05. The highest BCUT2D eigenvalue weighted by Gasteiger charge is 2.47. The average Bonchev–Trinajstić information content (AvgIpc) is 2.25. The van der Waals surface area contributed by atoms with E-state index in [1.807, 2.05) is 6.07 Å². The van der Waals surface area contributed by atoms with Crippen LogP contribution in [0, 0.1) is 11.3 Å². The fraction of sp³-hybridized carbons (Fsp3) is 0.333. The summed E-state index contributed by atoms with van der Waals surface area (Å²) in [5.74, 6) is -0.0741. The number of ketones is 1. The van der Waals surface area contributed by atoms with Crippen LogP contribution in [0.3, 0.4) is 0 Å². The Bertz CT molecular complexity index is 486. The fourth-order valence-corrected chi connectivity index (χ4v) is 2.01. The maximum absolute atomic E-state index is 12.2. The summed E-state index contributed by atoms with van der Waals surface area (Å²) in [6.45, 7) is -2.94. The lowest BCUT2D eigenvalue weighted by molar-refractivity contribution is -0.126. The molecule has 1 fully saturated rings. The predicted octanol–water partition coefficient (Wildman–Crippen LogP) is 2.41. The van der Waals surface area contributed by atoms with Crippen LogP contribution < -0.4 is 4.74 Å². The van der Waals surface area contributed by atoms with Crippen LogP contribution in [0.4, 0.5) is 8.78 Å². The van der Waals surface area contributed by atoms with Gasteiger partial charge in [0, 0.05) is 18.4 Å². The second-order valence-electron chi connectivity index (χ2n) is 3.96. The van der Waals surface area contributed by atoms with E-state index in [4.69, 9.17) is 5.26 Å². The minimum Gasteiger partial charge on any atom is -0.434 e. The molecule has 5 heteroatoms. The average molecular weight is 237 g/mol. The molecule has 17 heavy (non-hydrogen) atoms. The third-order valence-corrected chi connectivity index (χ3v) is 2.83. The van der Waals surface area contributed by atoms with Crippen molar-refractivity contribution in [2.24, 2.45) is 0 Å². The number of nitriles is 1. The first-order chi connectivity index (χ1) is 8.07. The van der Waals surface area contributed by atoms with Gasteiger partial charge in [0.2, 0.25) is 0 Å². The maximum atomic E-state index is 12.2. The van der Waals surface area contributed by atoms with E-state index >= 15 is 0 Å². The number of benzene rings is 1. The van der Waals surface area contributed by atoms with E-state index in [1.165, 1.54) is 6.07 Å². The van der Waals surface area contributed by atoms with Gasteiger partial charge in [0.15, 0.2) is 0 Å². The summed E-state index contributed by atoms with van der Waals surface area (Å²) in [5.41, 5.74) is -0.634. The van der Waals surface area contributed by atoms with E-state index < -0.39 is 12.0 Å². The third-order valence-electron chi connectivity index (χ3n) is 2.83. The largest absolute Gasteiger partial charge is 0.434 e. The second kappa shape index (κ2) is 4.13. The van der Waals surface area contributed by atoms with Crippen LogP contribution in [0.25, 0.3) is 0 Å². The van der Waals surface area contributed by atoms with Crippen LogP contribution in [0.5, 0.6) is 5.75 Å². The molecule has 0 radical (unpaired) electrons. The Kier molecular flexibility index (Phi) is 2.80. The number of carbonyl (C=O) groups excluding carboxylic acids is 1. The van der Waals surface area contributed by atoms with Gasteiger partial charge in [-0.3, -0.25) is 4.79 Å². The lowest BCUT2D eigenvalue weighted by atomic mass is 9.64. The topological polar surface area (TPSA) is 50.1 Å². The Morgan fingerprint density at radius 2 is 2.00 bits per heavy atom. The summed E-state index contributed by atoms with van der Waals surface area (Å²) < 4.78 is 28.8. The lowest BCUT2D eigenvalue weighted by Gasteiger charge is -2.35. The van der Waals surface area contributed by atoms with E-state index in [9.17, 15) is 13.6 Å². The molecule has 0 aliphatic heterocycles. The van der Waals surface area contributed by atoms with Crippen molar-refractivity contribution in [3.63, 3.8) is 0 Å². The standard InChI is InChI=1S/C12H9F2NO2/c13-11(14)17-10-4-2-1-3-9(10)12(7-15)5-8(16)6-12/h1-4,11H,5-6H2. The van der Waals surface area contributed by atoms with Gasteiger partial charge in [0.25, 0.3) is 0 Å². The SMILES string of the molecule is N#CC1(c2ccccc2OC(F)F)CC(=O)C1. The normalized spacial score (nSPS) is 17.4. The maximum Gasteiger partial charge on any atom is 0.387 e. The molecule has 0 saturated heterocycles. The highest BCUT2D eigenvalue weighted by molar-refractivity contribution is 5.90. The van der Waals surface area contributed by atoms with E-state index in [0.29, 0.717) is 5.56 Å². The van der Waals surface area contributed by atoms with Crippen molar-refractivity contribution in [3.8, 4) is 11.8 Å². The van der Waals surface area contributed by atoms with Gasteiger partial charge in [-0.25, -0.2) is 0 Å². The first-order valence-electron chi connectivity index (χ1n) is 5.05. The van der Waals surface area contributed by atoms with E-state index in [2.05, 4.69) is 4.74 Å². The number of alkyl halides is 2. The highest BCUT2D eigenvalue weighted by atomic mass is 19.3. The molecular weight excluding hydrogens is 228 g/mol. The molecule has 0 N–H and O–H groups in total. The van der Waals surface area contributed by atoms with Crippen LogP contribution in [0.2, 0.25) is 0 Å². The van der Waals surface area contributed by atoms with Crippen molar-refractivity contribution in [2.75, 3.05) is 0 Å². The van der Waals surface area contributed by atoms with Crippen molar-refractivity contribution < 1.29 is 18.3 Å². The van der Waals surface area contributed by atoms with Gasteiger partial charge in [0.05, 0.1) is 11.5 Å². The molecule has 3 nitrogen and oxygen atoms in total. The summed E-state index contributed by atoms with van der Waals surface area (Å²) in [5, 5.41) is 9.12. The van der Waals surface area contributed by atoms with Gasteiger partial charge in [0.1, 0.15) is 11.5 Å². The van der Waals surface area contributed by atoms with E-state index in [1.54, 1.807) is 18.2 Å². The summed E-state index contributed by atoms with van der Waals surface area (Å²) >= 11 is 0. The predicted molar refractivity (Wildman–Crippen MR) is 54.6 cm³/mol. The number of Topliss-reactive ketones (excluding diaryl/α,β-unsaturated/α-hetero) is 1. The number of hydrogen-bond donors (Lipinski definition) is 0. The summed E-state index contributed by atoms with van der Waals surface area (Å²) in [7, 11) is 0. The monoisotopic (exact) mass is 237 g/mol. The Morgan fingerprint density at radius 1 is 1.35 bits per heavy atom. The number of ether oxygens (including phenoxy) is 1. The Morgan fingerprint density at radius 3 is 2.53 bits per heavy atom. The molecule has 1 aromatic carbocycles. The molecule has 0 bridgehead atoms. The first kappa shape index (κ1) is 11.5. The van der Waals surface area contributed by atoms with Crippen molar-refractivity contribution in [1.82, 2.24) is 0 Å². The van der Waals surface area contributed by atoms with Gasteiger partial charge in [-0.15, -0.1) is 0 Å². The Balaban J connectivity index is 2.38. The van der Waals surface area contributed by atoms with E-state index in [-0.39, 0.29) is 24.4 Å². The summed E-state index contributed by atoms with van der Waals surface area (Å²) in [4.78, 5) is 11.0. The second-order valence-corrected chi connectivity index (χ2v) is 3.96. The molecule has 0 aromatic heterocycles. The molecule has 1 aliphatic carbocycles. The minimum atomic E-state index is -2.94. The van der Waals surface area contributed by atoms with Gasteiger partial charge >= 0.3 is 6.61 Å². The van der Waals surface area contributed by atoms with Crippen molar-refractivity contribution >= 4 is 5.78 Å². The molecule has 2 rings (SSSR count). The third kappa shape index (κ3) is 1.98. The smallest absolute Gasteiger partial charge is 0.387 e. The number of rotatable bonds is 3. The van der Waals surface area contributed by atoms with Gasteiger partial charge in [-0.2, -0.15) is 14.0 Å². The van der Waals surface area contributed by atoms with Crippen LogP contribution >= 0.6 is 0 Å². The molecule has 0 heterocycles. The summed E-state index contributed by atoms with van der Waals surface area (Å²) in [6, 6.07) is 8.14. The molecule has 1 saturated carbocycles. The Hall–Kier alpha value is -1.96. The van der Waals surface area contributed by atoms with Gasteiger partial charge < -0.3 is 4.74 Å². The summed E-state index contributed by atoms with van der Waals surface area (Å²) in [6.07, 6.45) is 0.125. The molecule has 88 valence electrons. The molecular formula is C12H9F2NO2. The zero-order chi connectivity index (χ0) is 12.5. The Labute approximate surface area is 96.6 Å². The quantitative estimate of drug-likeness (QED) is 0.811. The fourth-order valence-electron chi connectivity index (χ4n) is 2.01. The molecule has 1 aromatic rings. The van der Waals surface area contributed by atoms with Crippen molar-refractivity contribution in [3.05, 3.63) is 29.8 Å². The number of halogens is 2. The molecule has 0 spiro atoms. The van der Waals surface area contributed by atoms with Crippen LogP contribution in [0.1, 0.15) is 18.4 Å². The molecule has 1 aliphatic rings. The number of hydrogen-bond acceptors (Lipinski definition) is 3. The van der Waals surface area contributed by atoms with Crippen molar-refractivity contribution in [1.29, 1.82) is 5.26 Å². The molecule has 0 unspecified atom stereocenters. The number of nitrogens with zero attached hydrogens (tertiary/aromatic N) is 1. The highest BCUT2D eigenvalue weighted by Crippen LogP contribution is 2.44.